The van der Waals surface area contributed by atoms with Gasteiger partial charge in [-0.1, -0.05) is 12.8 Å². The van der Waals surface area contributed by atoms with E-state index in [1.807, 2.05) is 4.90 Å². The molecule has 1 unspecified atom stereocenters. The predicted octanol–water partition coefficient (Wildman–Crippen LogP) is 4.10. The highest BCUT2D eigenvalue weighted by Gasteiger charge is 2.23. The normalized spacial score (nSPS) is 23.4. The summed E-state index contributed by atoms with van der Waals surface area (Å²) in [7, 11) is 0. The van der Waals surface area contributed by atoms with Gasteiger partial charge in [0.1, 0.15) is 5.75 Å². The summed E-state index contributed by atoms with van der Waals surface area (Å²) in [5.74, 6) is 1.22. The second kappa shape index (κ2) is 9.94. The molecular weight excluding hydrogens is 362 g/mol. The first-order valence-corrected chi connectivity index (χ1v) is 11.7. The molecule has 5 nitrogen and oxygen atoms in total. The molecule has 4 rings (SSSR count). The summed E-state index contributed by atoms with van der Waals surface area (Å²) in [5, 5.41) is 3.72. The Kier molecular flexibility index (Phi) is 7.09. The number of rotatable bonds is 9. The zero-order chi connectivity index (χ0) is 20.1. The summed E-state index contributed by atoms with van der Waals surface area (Å²) in [6.07, 6.45) is 10.6. The number of likely N-dealkylation sites (tertiary alicyclic amines) is 1. The molecule has 29 heavy (non-hydrogen) atoms. The smallest absolute Gasteiger partial charge is 0.227 e. The van der Waals surface area contributed by atoms with Crippen LogP contribution < -0.4 is 15.0 Å². The van der Waals surface area contributed by atoms with Crippen LogP contribution in [0.15, 0.2) is 18.2 Å². The Morgan fingerprint density at radius 2 is 1.97 bits per heavy atom. The zero-order valence-corrected chi connectivity index (χ0v) is 18.0. The lowest BCUT2D eigenvalue weighted by Crippen LogP contribution is -2.29. The Labute approximate surface area is 175 Å². The van der Waals surface area contributed by atoms with Crippen molar-refractivity contribution in [1.29, 1.82) is 0 Å². The molecule has 1 aromatic rings. The van der Waals surface area contributed by atoms with E-state index >= 15 is 0 Å². The Morgan fingerprint density at radius 1 is 1.10 bits per heavy atom. The highest BCUT2D eigenvalue weighted by molar-refractivity contribution is 5.95. The number of nitrogens with zero attached hydrogens (tertiary/aromatic N) is 2. The van der Waals surface area contributed by atoms with E-state index in [2.05, 4.69) is 35.3 Å². The first-order chi connectivity index (χ1) is 14.2. The van der Waals surface area contributed by atoms with Crippen molar-refractivity contribution in [2.24, 2.45) is 0 Å². The second-order valence-corrected chi connectivity index (χ2v) is 9.03. The predicted molar refractivity (Wildman–Crippen MR) is 118 cm³/mol. The summed E-state index contributed by atoms with van der Waals surface area (Å²) in [6, 6.07) is 7.64. The summed E-state index contributed by atoms with van der Waals surface area (Å²) in [4.78, 5) is 16.7. The minimum Gasteiger partial charge on any atom is -0.493 e. The maximum atomic E-state index is 12.2. The highest BCUT2D eigenvalue weighted by atomic mass is 16.5. The standard InChI is InChI=1S/C24H37N3O2/c1-19-7-4-13-26(19)14-6-16-29-23-12-11-22(27-15-5-10-24(27)28)17-20(23)18-25-21-8-2-3-9-21/h11-12,17,19,21,25H,2-10,13-16,18H2,1H3. The van der Waals surface area contributed by atoms with Gasteiger partial charge >= 0.3 is 0 Å². The third-order valence-corrected chi connectivity index (χ3v) is 6.90. The molecule has 2 heterocycles. The lowest BCUT2D eigenvalue weighted by Gasteiger charge is -2.22. The van der Waals surface area contributed by atoms with E-state index in [1.165, 1.54) is 50.6 Å². The number of benzene rings is 1. The zero-order valence-electron chi connectivity index (χ0n) is 18.0. The molecule has 2 aliphatic heterocycles. The molecular formula is C24H37N3O2. The maximum Gasteiger partial charge on any atom is 0.227 e. The maximum absolute atomic E-state index is 12.2. The van der Waals surface area contributed by atoms with E-state index in [1.54, 1.807) is 0 Å². The molecule has 0 radical (unpaired) electrons. The lowest BCUT2D eigenvalue weighted by molar-refractivity contribution is -0.117. The summed E-state index contributed by atoms with van der Waals surface area (Å²) in [6.45, 7) is 7.09. The first kappa shape index (κ1) is 20.7. The minimum absolute atomic E-state index is 0.244. The van der Waals surface area contributed by atoms with Crippen LogP contribution in [-0.4, -0.2) is 49.1 Å². The van der Waals surface area contributed by atoms with Gasteiger partial charge in [0.05, 0.1) is 6.61 Å². The van der Waals surface area contributed by atoms with E-state index in [0.717, 1.165) is 56.6 Å². The van der Waals surface area contributed by atoms with Crippen molar-refractivity contribution in [2.75, 3.05) is 31.1 Å². The van der Waals surface area contributed by atoms with Gasteiger partial charge in [-0.3, -0.25) is 4.79 Å². The van der Waals surface area contributed by atoms with Crippen molar-refractivity contribution >= 4 is 11.6 Å². The van der Waals surface area contributed by atoms with Crippen LogP contribution in [0.1, 0.15) is 70.3 Å². The van der Waals surface area contributed by atoms with Crippen molar-refractivity contribution < 1.29 is 9.53 Å². The number of nitrogens with one attached hydrogen (secondary N) is 1. The quantitative estimate of drug-likeness (QED) is 0.635. The average Bonchev–Trinajstić information content (AvgIpc) is 3.47. The van der Waals surface area contributed by atoms with E-state index in [9.17, 15) is 4.79 Å². The van der Waals surface area contributed by atoms with E-state index in [0.29, 0.717) is 12.5 Å². The van der Waals surface area contributed by atoms with E-state index in [-0.39, 0.29) is 5.91 Å². The molecule has 1 aromatic carbocycles. The van der Waals surface area contributed by atoms with Crippen LogP contribution in [0.4, 0.5) is 5.69 Å². The Hall–Kier alpha value is -1.59. The molecule has 0 bridgehead atoms. The number of carbonyl (C=O) groups excluding carboxylic acids is 1. The lowest BCUT2D eigenvalue weighted by atomic mass is 10.1. The van der Waals surface area contributed by atoms with Crippen molar-refractivity contribution in [2.45, 2.75) is 83.3 Å². The van der Waals surface area contributed by atoms with Gasteiger partial charge in [-0.25, -0.2) is 0 Å². The van der Waals surface area contributed by atoms with Crippen LogP contribution in [0, 0.1) is 0 Å². The molecule has 1 atom stereocenters. The SMILES string of the molecule is CC1CCCN1CCCOc1ccc(N2CCCC2=O)cc1CNC1CCCC1. The number of amides is 1. The number of hydrogen-bond acceptors (Lipinski definition) is 4. The first-order valence-electron chi connectivity index (χ1n) is 11.7. The summed E-state index contributed by atoms with van der Waals surface area (Å²) >= 11 is 0. The number of hydrogen-bond donors (Lipinski definition) is 1. The van der Waals surface area contributed by atoms with E-state index < -0.39 is 0 Å². The second-order valence-electron chi connectivity index (χ2n) is 9.03. The van der Waals surface area contributed by atoms with Crippen LogP contribution in [0.25, 0.3) is 0 Å². The van der Waals surface area contributed by atoms with Gasteiger partial charge in [-0.15, -0.1) is 0 Å². The topological polar surface area (TPSA) is 44.8 Å². The van der Waals surface area contributed by atoms with Gasteiger partial charge in [0.25, 0.3) is 0 Å². The fourth-order valence-electron chi connectivity index (χ4n) is 5.09. The molecule has 3 fully saturated rings. The van der Waals surface area contributed by atoms with Crippen LogP contribution in [0.5, 0.6) is 5.75 Å². The Bertz CT molecular complexity index is 687. The van der Waals surface area contributed by atoms with E-state index in [4.69, 9.17) is 4.74 Å². The molecule has 0 aromatic heterocycles. The number of anilines is 1. The van der Waals surface area contributed by atoms with Crippen LogP contribution in [0.2, 0.25) is 0 Å². The van der Waals surface area contributed by atoms with Crippen LogP contribution in [-0.2, 0) is 11.3 Å². The van der Waals surface area contributed by atoms with Gasteiger partial charge in [-0.05, 0) is 70.2 Å². The fraction of sp³-hybridized carbons (Fsp3) is 0.708. The Morgan fingerprint density at radius 3 is 2.69 bits per heavy atom. The van der Waals surface area contributed by atoms with Gasteiger partial charge < -0.3 is 19.9 Å². The minimum atomic E-state index is 0.244. The molecule has 2 saturated heterocycles. The van der Waals surface area contributed by atoms with Crippen molar-refractivity contribution in [3.05, 3.63) is 23.8 Å². The highest BCUT2D eigenvalue weighted by Crippen LogP contribution is 2.29. The monoisotopic (exact) mass is 399 g/mol. The molecule has 1 amide bonds. The Balaban J connectivity index is 1.37. The number of carbonyl (C=O) groups is 1. The third kappa shape index (κ3) is 5.32. The summed E-state index contributed by atoms with van der Waals surface area (Å²) < 4.78 is 6.22. The molecule has 5 heteroatoms. The van der Waals surface area contributed by atoms with Crippen molar-refractivity contribution in [1.82, 2.24) is 10.2 Å². The molecule has 1 saturated carbocycles. The molecule has 1 N–H and O–H groups in total. The van der Waals surface area contributed by atoms with Crippen LogP contribution >= 0.6 is 0 Å². The van der Waals surface area contributed by atoms with Gasteiger partial charge in [0.15, 0.2) is 0 Å². The van der Waals surface area contributed by atoms with Crippen LogP contribution in [0.3, 0.4) is 0 Å². The van der Waals surface area contributed by atoms with Gasteiger partial charge in [0.2, 0.25) is 5.91 Å². The average molecular weight is 400 g/mol. The van der Waals surface area contributed by atoms with Crippen molar-refractivity contribution in [3.8, 4) is 5.75 Å². The van der Waals surface area contributed by atoms with Gasteiger partial charge in [0, 0.05) is 49.4 Å². The molecule has 3 aliphatic rings. The molecule has 1 aliphatic carbocycles. The fourth-order valence-corrected chi connectivity index (χ4v) is 5.09. The number of ether oxygens (including phenoxy) is 1. The summed E-state index contributed by atoms with van der Waals surface area (Å²) in [5.41, 5.74) is 2.21. The molecule has 160 valence electrons. The van der Waals surface area contributed by atoms with Gasteiger partial charge in [-0.2, -0.15) is 0 Å². The molecule has 0 spiro atoms. The largest absolute Gasteiger partial charge is 0.493 e. The van der Waals surface area contributed by atoms with Crippen molar-refractivity contribution in [3.63, 3.8) is 0 Å². The third-order valence-electron chi connectivity index (χ3n) is 6.90.